The molecule has 3 N–H and O–H groups in total. The number of hydrogen-bond donors (Lipinski definition) is 3. The number of carbonyl (C=O) groups is 1. The number of hydrazine groups is 1. The van der Waals surface area contributed by atoms with Crippen LogP contribution in [0.15, 0.2) is 34.1 Å². The van der Waals surface area contributed by atoms with Gasteiger partial charge in [-0.2, -0.15) is 5.26 Å². The standard InChI is InChI=1S/C19H22N4O5S2/c1-11-6-7-12(2)15(8-11)21-19(24)23-22-17-13(3)9-16(29(4,25)26)18(14(17)10-20)30(5,27)28/h6-9,22H,1-5H3,(H2,21,23,24). The summed E-state index contributed by atoms with van der Waals surface area (Å²) >= 11 is 0. The van der Waals surface area contributed by atoms with Crippen molar-refractivity contribution in [2.75, 3.05) is 23.3 Å². The molecule has 0 spiro atoms. The number of amides is 2. The molecule has 2 amide bonds. The Morgan fingerprint density at radius 1 is 0.967 bits per heavy atom. The Balaban J connectivity index is 2.44. The van der Waals surface area contributed by atoms with Crippen LogP contribution in [0.25, 0.3) is 0 Å². The topological polar surface area (TPSA) is 145 Å². The molecule has 9 nitrogen and oxygen atoms in total. The summed E-state index contributed by atoms with van der Waals surface area (Å²) in [6, 6.07) is 7.76. The average Bonchev–Trinajstić information content (AvgIpc) is 2.61. The molecule has 0 aliphatic carbocycles. The van der Waals surface area contributed by atoms with Gasteiger partial charge >= 0.3 is 6.03 Å². The predicted molar refractivity (Wildman–Crippen MR) is 114 cm³/mol. The zero-order valence-corrected chi connectivity index (χ0v) is 18.7. The Morgan fingerprint density at radius 2 is 1.60 bits per heavy atom. The van der Waals surface area contributed by atoms with Crippen molar-refractivity contribution in [1.82, 2.24) is 5.43 Å². The second-order valence-corrected chi connectivity index (χ2v) is 10.9. The molecule has 2 aromatic rings. The molecule has 2 aromatic carbocycles. The van der Waals surface area contributed by atoms with Crippen molar-refractivity contribution in [2.24, 2.45) is 0 Å². The minimum absolute atomic E-state index is 0.0126. The van der Waals surface area contributed by atoms with Crippen molar-refractivity contribution in [2.45, 2.75) is 30.6 Å². The van der Waals surface area contributed by atoms with E-state index in [1.165, 1.54) is 6.92 Å². The van der Waals surface area contributed by atoms with Crippen molar-refractivity contribution < 1.29 is 21.6 Å². The molecule has 0 unspecified atom stereocenters. The number of urea groups is 1. The Hall–Kier alpha value is -3.10. The van der Waals surface area contributed by atoms with Crippen LogP contribution >= 0.6 is 0 Å². The number of nitrogens with one attached hydrogen (secondary N) is 3. The monoisotopic (exact) mass is 450 g/mol. The van der Waals surface area contributed by atoms with E-state index < -0.39 is 41.1 Å². The summed E-state index contributed by atoms with van der Waals surface area (Å²) in [7, 11) is -7.99. The summed E-state index contributed by atoms with van der Waals surface area (Å²) in [5, 5.41) is 12.2. The minimum Gasteiger partial charge on any atom is -0.306 e. The van der Waals surface area contributed by atoms with Gasteiger partial charge in [0, 0.05) is 18.2 Å². The van der Waals surface area contributed by atoms with Crippen LogP contribution in [0.2, 0.25) is 0 Å². The zero-order valence-electron chi connectivity index (χ0n) is 17.1. The lowest BCUT2D eigenvalue weighted by Gasteiger charge is -2.18. The van der Waals surface area contributed by atoms with E-state index >= 15 is 0 Å². The summed E-state index contributed by atoms with van der Waals surface area (Å²) in [5.74, 6) is 0. The first-order valence-electron chi connectivity index (χ1n) is 8.63. The fourth-order valence-electron chi connectivity index (χ4n) is 2.82. The second kappa shape index (κ2) is 8.33. The number of aryl methyl sites for hydroxylation is 3. The Kier molecular flexibility index (Phi) is 6.44. The lowest BCUT2D eigenvalue weighted by molar-refractivity contribution is 0.254. The van der Waals surface area contributed by atoms with Gasteiger partial charge < -0.3 is 5.32 Å². The molecule has 0 bridgehead atoms. The third kappa shape index (κ3) is 5.08. The van der Waals surface area contributed by atoms with E-state index in [-0.39, 0.29) is 11.3 Å². The zero-order chi connectivity index (χ0) is 22.9. The normalized spacial score (nSPS) is 11.5. The van der Waals surface area contributed by atoms with Gasteiger partial charge in [-0.3, -0.25) is 10.9 Å². The Morgan fingerprint density at radius 3 is 2.13 bits per heavy atom. The van der Waals surface area contributed by atoms with Crippen molar-refractivity contribution in [1.29, 1.82) is 5.26 Å². The molecule has 0 heterocycles. The van der Waals surface area contributed by atoms with Gasteiger partial charge in [-0.15, -0.1) is 0 Å². The fourth-order valence-corrected chi connectivity index (χ4v) is 5.50. The van der Waals surface area contributed by atoms with Gasteiger partial charge in [-0.25, -0.2) is 21.6 Å². The molecule has 0 radical (unpaired) electrons. The maximum atomic E-state index is 12.3. The number of carbonyl (C=O) groups excluding carboxylic acids is 1. The second-order valence-electron chi connectivity index (χ2n) is 6.95. The average molecular weight is 451 g/mol. The van der Waals surface area contributed by atoms with Crippen LogP contribution in [0.5, 0.6) is 0 Å². The SMILES string of the molecule is Cc1ccc(C)c(NC(=O)NNc2c(C)cc(S(C)(=O)=O)c(S(C)(=O)=O)c2C#N)c1. The van der Waals surface area contributed by atoms with Gasteiger partial charge in [0.05, 0.1) is 16.1 Å². The van der Waals surface area contributed by atoms with Crippen LogP contribution < -0.4 is 16.2 Å². The largest absolute Gasteiger partial charge is 0.337 e. The van der Waals surface area contributed by atoms with E-state index in [4.69, 9.17) is 0 Å². The van der Waals surface area contributed by atoms with Crippen LogP contribution in [0.3, 0.4) is 0 Å². The highest BCUT2D eigenvalue weighted by Gasteiger charge is 2.28. The van der Waals surface area contributed by atoms with Gasteiger partial charge in [0.1, 0.15) is 11.0 Å². The van der Waals surface area contributed by atoms with E-state index in [0.717, 1.165) is 29.7 Å². The van der Waals surface area contributed by atoms with Crippen LogP contribution in [0.4, 0.5) is 16.2 Å². The quantitative estimate of drug-likeness (QED) is 0.593. The van der Waals surface area contributed by atoms with E-state index in [2.05, 4.69) is 16.2 Å². The number of nitriles is 1. The van der Waals surface area contributed by atoms with E-state index in [1.54, 1.807) is 12.1 Å². The van der Waals surface area contributed by atoms with Gasteiger partial charge in [0.25, 0.3) is 0 Å². The van der Waals surface area contributed by atoms with Crippen LogP contribution in [0, 0.1) is 32.1 Å². The van der Waals surface area contributed by atoms with E-state index in [1.807, 2.05) is 26.0 Å². The first-order chi connectivity index (χ1) is 13.8. The Bertz CT molecular complexity index is 1280. The minimum atomic E-state index is -4.07. The van der Waals surface area contributed by atoms with E-state index in [0.29, 0.717) is 5.69 Å². The Labute approximate surface area is 175 Å². The third-order valence-electron chi connectivity index (χ3n) is 4.27. The van der Waals surface area contributed by atoms with Crippen molar-refractivity contribution in [3.63, 3.8) is 0 Å². The summed E-state index contributed by atoms with van der Waals surface area (Å²) in [4.78, 5) is 11.2. The maximum Gasteiger partial charge on any atom is 0.337 e. The molecule has 160 valence electrons. The highest BCUT2D eigenvalue weighted by Crippen LogP contribution is 2.33. The van der Waals surface area contributed by atoms with Crippen LogP contribution in [-0.4, -0.2) is 35.4 Å². The molecule has 0 saturated carbocycles. The molecule has 2 rings (SSSR count). The van der Waals surface area contributed by atoms with Crippen LogP contribution in [0.1, 0.15) is 22.3 Å². The number of nitrogens with zero attached hydrogens (tertiary/aromatic N) is 1. The summed E-state index contributed by atoms with van der Waals surface area (Å²) in [6.45, 7) is 5.19. The van der Waals surface area contributed by atoms with Crippen molar-refractivity contribution >= 4 is 37.1 Å². The predicted octanol–water partition coefficient (Wildman–Crippen LogP) is 2.44. The number of hydrogen-bond acceptors (Lipinski definition) is 7. The molecular weight excluding hydrogens is 428 g/mol. The van der Waals surface area contributed by atoms with E-state index in [9.17, 15) is 26.9 Å². The molecule has 0 aromatic heterocycles. The van der Waals surface area contributed by atoms with Gasteiger partial charge in [0.15, 0.2) is 19.7 Å². The summed E-state index contributed by atoms with van der Waals surface area (Å²) in [5.41, 5.74) is 7.10. The van der Waals surface area contributed by atoms with Crippen molar-refractivity contribution in [3.8, 4) is 6.07 Å². The number of anilines is 2. The molecular formula is C19H22N4O5S2. The first kappa shape index (κ1) is 23.2. The maximum absolute atomic E-state index is 12.3. The lowest BCUT2D eigenvalue weighted by Crippen LogP contribution is -2.34. The molecule has 0 aliphatic rings. The molecule has 11 heteroatoms. The lowest BCUT2D eigenvalue weighted by atomic mass is 10.1. The summed E-state index contributed by atoms with van der Waals surface area (Å²) in [6.07, 6.45) is 1.68. The molecule has 0 atom stereocenters. The third-order valence-corrected chi connectivity index (χ3v) is 6.68. The molecule has 0 aliphatic heterocycles. The van der Waals surface area contributed by atoms with Gasteiger partial charge in [0.2, 0.25) is 0 Å². The summed E-state index contributed by atoms with van der Waals surface area (Å²) < 4.78 is 48.7. The molecule has 30 heavy (non-hydrogen) atoms. The highest BCUT2D eigenvalue weighted by molar-refractivity contribution is 7.93. The van der Waals surface area contributed by atoms with Gasteiger partial charge in [-0.05, 0) is 49.6 Å². The first-order valence-corrected chi connectivity index (χ1v) is 12.4. The smallest absolute Gasteiger partial charge is 0.306 e. The van der Waals surface area contributed by atoms with Crippen LogP contribution in [-0.2, 0) is 19.7 Å². The fraction of sp³-hybridized carbons (Fsp3) is 0.263. The highest BCUT2D eigenvalue weighted by atomic mass is 32.2. The molecule has 0 saturated heterocycles. The molecule has 0 fully saturated rings. The number of rotatable bonds is 5. The number of sulfone groups is 2. The van der Waals surface area contributed by atoms with Crippen molar-refractivity contribution in [3.05, 3.63) is 46.5 Å². The number of benzene rings is 2. The van der Waals surface area contributed by atoms with Gasteiger partial charge in [-0.1, -0.05) is 12.1 Å².